The third kappa shape index (κ3) is 3.83. The van der Waals surface area contributed by atoms with Crippen LogP contribution in [0.5, 0.6) is 11.5 Å². The number of nitrogens with zero attached hydrogens (tertiary/aromatic N) is 2. The molecule has 7 heteroatoms. The Hall–Kier alpha value is -3.35. The van der Waals surface area contributed by atoms with Gasteiger partial charge in [-0.1, -0.05) is 29.4 Å². The summed E-state index contributed by atoms with van der Waals surface area (Å²) in [6, 6.07) is 12.9. The van der Waals surface area contributed by atoms with E-state index in [9.17, 15) is 4.79 Å². The third-order valence-corrected chi connectivity index (χ3v) is 3.83. The first-order valence-electron chi connectivity index (χ1n) is 8.01. The molecule has 0 atom stereocenters. The summed E-state index contributed by atoms with van der Waals surface area (Å²) in [6.07, 6.45) is 0.192. The lowest BCUT2D eigenvalue weighted by Gasteiger charge is -2.07. The van der Waals surface area contributed by atoms with Crippen LogP contribution < -0.4 is 14.8 Å². The number of ether oxygens (including phenoxy) is 2. The second-order valence-electron chi connectivity index (χ2n) is 5.64. The maximum Gasteiger partial charge on any atom is 0.322 e. The number of hydrogen-bond donors (Lipinski definition) is 1. The van der Waals surface area contributed by atoms with Crippen LogP contribution in [0.25, 0.3) is 11.5 Å². The number of aryl methyl sites for hydroxylation is 1. The Labute approximate surface area is 151 Å². The molecule has 0 saturated heterocycles. The average molecular weight is 353 g/mol. The highest BCUT2D eigenvalue weighted by Crippen LogP contribution is 2.29. The van der Waals surface area contributed by atoms with Crippen LogP contribution in [0.3, 0.4) is 0 Å². The molecule has 134 valence electrons. The van der Waals surface area contributed by atoms with Crippen molar-refractivity contribution in [3.05, 3.63) is 53.6 Å². The number of rotatable bonds is 6. The zero-order chi connectivity index (χ0) is 18.5. The zero-order valence-electron chi connectivity index (χ0n) is 14.8. The van der Waals surface area contributed by atoms with Crippen LogP contribution in [0.15, 0.2) is 46.9 Å². The summed E-state index contributed by atoms with van der Waals surface area (Å²) in [6.45, 7) is 1.93. The lowest BCUT2D eigenvalue weighted by molar-refractivity contribution is -0.115. The minimum atomic E-state index is -0.246. The van der Waals surface area contributed by atoms with E-state index in [1.54, 1.807) is 26.4 Å². The minimum absolute atomic E-state index is 0.0427. The van der Waals surface area contributed by atoms with E-state index in [1.165, 1.54) is 0 Å². The molecule has 0 aliphatic heterocycles. The molecule has 1 heterocycles. The number of hydrogen-bond acceptors (Lipinski definition) is 6. The second-order valence-corrected chi connectivity index (χ2v) is 5.64. The van der Waals surface area contributed by atoms with E-state index in [4.69, 9.17) is 13.9 Å². The summed E-state index contributed by atoms with van der Waals surface area (Å²) in [5, 5.41) is 10.4. The number of aromatic nitrogens is 2. The smallest absolute Gasteiger partial charge is 0.322 e. The van der Waals surface area contributed by atoms with E-state index >= 15 is 0 Å². The Morgan fingerprint density at radius 3 is 2.58 bits per heavy atom. The normalized spacial score (nSPS) is 10.4. The van der Waals surface area contributed by atoms with Gasteiger partial charge in [-0.25, -0.2) is 0 Å². The Bertz CT molecular complexity index is 921. The largest absolute Gasteiger partial charge is 0.496 e. The van der Waals surface area contributed by atoms with Gasteiger partial charge < -0.3 is 13.9 Å². The first kappa shape index (κ1) is 17.5. The van der Waals surface area contributed by atoms with Crippen molar-refractivity contribution in [3.8, 4) is 23.0 Å². The number of methoxy groups -OCH3 is 2. The number of para-hydroxylation sites is 1. The van der Waals surface area contributed by atoms with Crippen molar-refractivity contribution >= 4 is 11.9 Å². The summed E-state index contributed by atoms with van der Waals surface area (Å²) in [5.41, 5.74) is 2.49. The highest BCUT2D eigenvalue weighted by atomic mass is 16.5. The molecule has 0 aliphatic carbocycles. The number of anilines is 1. The lowest BCUT2D eigenvalue weighted by atomic mass is 10.1. The monoisotopic (exact) mass is 353 g/mol. The van der Waals surface area contributed by atoms with Gasteiger partial charge in [0.05, 0.1) is 26.2 Å². The summed E-state index contributed by atoms with van der Waals surface area (Å²) in [4.78, 5) is 12.2. The first-order valence-corrected chi connectivity index (χ1v) is 8.01. The van der Waals surface area contributed by atoms with Gasteiger partial charge in [0, 0.05) is 0 Å². The van der Waals surface area contributed by atoms with Gasteiger partial charge in [0.1, 0.15) is 11.5 Å². The molecule has 7 nitrogen and oxygen atoms in total. The molecule has 3 rings (SSSR count). The van der Waals surface area contributed by atoms with E-state index in [0.29, 0.717) is 11.3 Å². The Morgan fingerprint density at radius 1 is 1.08 bits per heavy atom. The fraction of sp³-hybridized carbons (Fsp3) is 0.211. The van der Waals surface area contributed by atoms with E-state index in [1.807, 2.05) is 37.3 Å². The first-order chi connectivity index (χ1) is 12.6. The maximum atomic E-state index is 12.2. The SMILES string of the molecule is COc1ccc(CC(=O)Nc2nnc(-c3ccccc3OC)o2)cc1C. The van der Waals surface area contributed by atoms with Crippen molar-refractivity contribution in [2.24, 2.45) is 0 Å². The molecule has 1 amide bonds. The van der Waals surface area contributed by atoms with Crippen molar-refractivity contribution in [2.45, 2.75) is 13.3 Å². The number of carbonyl (C=O) groups is 1. The molecule has 1 aromatic heterocycles. The fourth-order valence-corrected chi connectivity index (χ4v) is 2.60. The van der Waals surface area contributed by atoms with Gasteiger partial charge in [0.25, 0.3) is 5.89 Å². The predicted molar refractivity (Wildman–Crippen MR) is 96.4 cm³/mol. The summed E-state index contributed by atoms with van der Waals surface area (Å²) in [7, 11) is 3.18. The van der Waals surface area contributed by atoms with Gasteiger partial charge in [-0.15, -0.1) is 5.10 Å². The van der Waals surface area contributed by atoms with Crippen molar-refractivity contribution in [1.82, 2.24) is 10.2 Å². The minimum Gasteiger partial charge on any atom is -0.496 e. The number of benzene rings is 2. The van der Waals surface area contributed by atoms with Crippen LogP contribution in [0.2, 0.25) is 0 Å². The molecular formula is C19H19N3O4. The van der Waals surface area contributed by atoms with Crippen molar-refractivity contribution in [1.29, 1.82) is 0 Å². The quantitative estimate of drug-likeness (QED) is 0.732. The topological polar surface area (TPSA) is 86.5 Å². The van der Waals surface area contributed by atoms with Gasteiger partial charge >= 0.3 is 6.01 Å². The standard InChI is InChI=1S/C19H19N3O4/c1-12-10-13(8-9-15(12)24-2)11-17(23)20-19-22-21-18(26-19)14-6-4-5-7-16(14)25-3/h4-10H,11H2,1-3H3,(H,20,22,23). The molecule has 0 unspecified atom stereocenters. The fourth-order valence-electron chi connectivity index (χ4n) is 2.60. The van der Waals surface area contributed by atoms with Crippen molar-refractivity contribution in [3.63, 3.8) is 0 Å². The summed E-state index contributed by atoms with van der Waals surface area (Å²) in [5.74, 6) is 1.43. The van der Waals surface area contributed by atoms with Crippen molar-refractivity contribution < 1.29 is 18.7 Å². The molecule has 2 aromatic carbocycles. The van der Waals surface area contributed by atoms with E-state index < -0.39 is 0 Å². The summed E-state index contributed by atoms with van der Waals surface area (Å²) >= 11 is 0. The van der Waals surface area contributed by atoms with Gasteiger partial charge in [-0.05, 0) is 36.2 Å². The van der Waals surface area contributed by atoms with Crippen LogP contribution in [-0.4, -0.2) is 30.3 Å². The Kier molecular flexibility index (Phi) is 5.17. The number of nitrogens with one attached hydrogen (secondary N) is 1. The lowest BCUT2D eigenvalue weighted by Crippen LogP contribution is -2.14. The predicted octanol–water partition coefficient (Wildman–Crippen LogP) is 3.24. The van der Waals surface area contributed by atoms with Crippen LogP contribution in [0.1, 0.15) is 11.1 Å². The second kappa shape index (κ2) is 7.69. The van der Waals surface area contributed by atoms with Crippen LogP contribution in [0.4, 0.5) is 6.01 Å². The molecule has 0 saturated carbocycles. The van der Waals surface area contributed by atoms with E-state index in [2.05, 4.69) is 15.5 Å². The Balaban J connectivity index is 1.69. The van der Waals surface area contributed by atoms with Crippen LogP contribution in [-0.2, 0) is 11.2 Å². The Morgan fingerprint density at radius 2 is 1.85 bits per heavy atom. The summed E-state index contributed by atoms with van der Waals surface area (Å²) < 4.78 is 16.0. The van der Waals surface area contributed by atoms with E-state index in [0.717, 1.165) is 16.9 Å². The van der Waals surface area contributed by atoms with E-state index in [-0.39, 0.29) is 24.2 Å². The molecular weight excluding hydrogens is 334 g/mol. The molecule has 26 heavy (non-hydrogen) atoms. The molecule has 1 N–H and O–H groups in total. The van der Waals surface area contributed by atoms with Gasteiger partial charge in [0.2, 0.25) is 5.91 Å². The van der Waals surface area contributed by atoms with Gasteiger partial charge in [-0.2, -0.15) is 0 Å². The van der Waals surface area contributed by atoms with Gasteiger partial charge in [0.15, 0.2) is 0 Å². The average Bonchev–Trinajstić information content (AvgIpc) is 3.10. The zero-order valence-corrected chi connectivity index (χ0v) is 14.8. The molecule has 0 spiro atoms. The van der Waals surface area contributed by atoms with Gasteiger partial charge in [-0.3, -0.25) is 10.1 Å². The maximum absolute atomic E-state index is 12.2. The highest BCUT2D eigenvalue weighted by Gasteiger charge is 2.15. The van der Waals surface area contributed by atoms with Crippen LogP contribution in [0, 0.1) is 6.92 Å². The molecule has 0 bridgehead atoms. The molecule has 0 fully saturated rings. The highest BCUT2D eigenvalue weighted by molar-refractivity contribution is 5.90. The number of amides is 1. The molecule has 0 radical (unpaired) electrons. The molecule has 0 aliphatic rings. The molecule has 3 aromatic rings. The van der Waals surface area contributed by atoms with Crippen LogP contribution >= 0.6 is 0 Å². The van der Waals surface area contributed by atoms with Crippen molar-refractivity contribution in [2.75, 3.05) is 19.5 Å². The third-order valence-electron chi connectivity index (χ3n) is 3.83. The number of carbonyl (C=O) groups excluding carboxylic acids is 1.